The number of rotatable bonds is 6. The molecule has 0 fully saturated rings. The third-order valence-corrected chi connectivity index (χ3v) is 4.32. The SMILES string of the molecule is C=C(C=CCC)c1ccc(Cn2cc(CC)c3ncccc32)cc1. The minimum Gasteiger partial charge on any atom is -0.341 e. The third-order valence-electron chi connectivity index (χ3n) is 4.32. The van der Waals surface area contributed by atoms with Crippen LogP contribution in [0.25, 0.3) is 16.6 Å². The van der Waals surface area contributed by atoms with Crippen LogP contribution in [0.2, 0.25) is 0 Å². The lowest BCUT2D eigenvalue weighted by Gasteiger charge is -2.07. The summed E-state index contributed by atoms with van der Waals surface area (Å²) >= 11 is 0. The molecule has 0 aliphatic heterocycles. The van der Waals surface area contributed by atoms with Crippen molar-refractivity contribution in [3.8, 4) is 0 Å². The molecule has 0 amide bonds. The van der Waals surface area contributed by atoms with Gasteiger partial charge in [-0.3, -0.25) is 4.98 Å². The highest BCUT2D eigenvalue weighted by molar-refractivity contribution is 5.79. The lowest BCUT2D eigenvalue weighted by molar-refractivity contribution is 0.830. The van der Waals surface area contributed by atoms with Crippen molar-refractivity contribution in [3.05, 3.63) is 84.2 Å². The maximum absolute atomic E-state index is 4.54. The van der Waals surface area contributed by atoms with Gasteiger partial charge in [-0.2, -0.15) is 0 Å². The molecule has 24 heavy (non-hydrogen) atoms. The van der Waals surface area contributed by atoms with Crippen molar-refractivity contribution in [2.24, 2.45) is 0 Å². The van der Waals surface area contributed by atoms with Gasteiger partial charge in [-0.05, 0) is 47.2 Å². The van der Waals surface area contributed by atoms with Crippen LogP contribution in [0.3, 0.4) is 0 Å². The van der Waals surface area contributed by atoms with Crippen LogP contribution in [0.1, 0.15) is 37.0 Å². The minimum absolute atomic E-state index is 0.861. The quantitative estimate of drug-likeness (QED) is 0.539. The van der Waals surface area contributed by atoms with Crippen LogP contribution < -0.4 is 0 Å². The molecule has 0 saturated heterocycles. The van der Waals surface area contributed by atoms with Gasteiger partial charge in [-0.1, -0.05) is 56.8 Å². The summed E-state index contributed by atoms with van der Waals surface area (Å²) < 4.78 is 2.29. The molecule has 3 aromatic rings. The molecule has 0 unspecified atom stereocenters. The maximum Gasteiger partial charge on any atom is 0.0912 e. The maximum atomic E-state index is 4.54. The number of pyridine rings is 1. The Kier molecular flexibility index (Phi) is 4.95. The van der Waals surface area contributed by atoms with Crippen molar-refractivity contribution in [1.82, 2.24) is 9.55 Å². The van der Waals surface area contributed by atoms with E-state index < -0.39 is 0 Å². The summed E-state index contributed by atoms with van der Waals surface area (Å²) in [5.41, 5.74) is 7.15. The molecule has 2 nitrogen and oxygen atoms in total. The first-order valence-corrected chi connectivity index (χ1v) is 8.60. The standard InChI is InChI=1S/C22H24N2/c1-4-6-8-17(3)20-12-10-18(11-13-20)15-24-16-19(5-2)22-21(24)9-7-14-23-22/h6-14,16H,3-5,15H2,1-2H3. The predicted molar refractivity (Wildman–Crippen MR) is 103 cm³/mol. The third kappa shape index (κ3) is 3.33. The first kappa shape index (κ1) is 16.3. The largest absolute Gasteiger partial charge is 0.341 e. The molecular weight excluding hydrogens is 292 g/mol. The second-order valence-electron chi connectivity index (χ2n) is 6.04. The van der Waals surface area contributed by atoms with Gasteiger partial charge in [0.1, 0.15) is 0 Å². The summed E-state index contributed by atoms with van der Waals surface area (Å²) in [6.45, 7) is 9.30. The highest BCUT2D eigenvalue weighted by Crippen LogP contribution is 2.21. The molecule has 1 aromatic carbocycles. The van der Waals surface area contributed by atoms with Gasteiger partial charge >= 0.3 is 0 Å². The average Bonchev–Trinajstić information content (AvgIpc) is 2.98. The molecule has 3 rings (SSSR count). The van der Waals surface area contributed by atoms with E-state index in [1.54, 1.807) is 0 Å². The van der Waals surface area contributed by atoms with Crippen LogP contribution in [-0.2, 0) is 13.0 Å². The highest BCUT2D eigenvalue weighted by Gasteiger charge is 2.08. The van der Waals surface area contributed by atoms with E-state index in [0.717, 1.165) is 30.5 Å². The van der Waals surface area contributed by atoms with Crippen LogP contribution in [0, 0.1) is 0 Å². The van der Waals surface area contributed by atoms with E-state index in [4.69, 9.17) is 0 Å². The summed E-state index contributed by atoms with van der Waals surface area (Å²) in [6, 6.07) is 12.8. The molecule has 0 radical (unpaired) electrons. The second-order valence-corrected chi connectivity index (χ2v) is 6.04. The number of nitrogens with zero attached hydrogens (tertiary/aromatic N) is 2. The van der Waals surface area contributed by atoms with E-state index in [9.17, 15) is 0 Å². The monoisotopic (exact) mass is 316 g/mol. The Hall–Kier alpha value is -2.61. The molecule has 2 heterocycles. The van der Waals surface area contributed by atoms with Gasteiger partial charge in [0.15, 0.2) is 0 Å². The lowest BCUT2D eigenvalue weighted by Crippen LogP contribution is -1.98. The van der Waals surface area contributed by atoms with E-state index in [0.29, 0.717) is 0 Å². The van der Waals surface area contributed by atoms with Crippen molar-refractivity contribution >= 4 is 16.6 Å². The number of benzene rings is 1. The Morgan fingerprint density at radius 1 is 1.17 bits per heavy atom. The van der Waals surface area contributed by atoms with Crippen molar-refractivity contribution in [2.75, 3.05) is 0 Å². The zero-order valence-corrected chi connectivity index (χ0v) is 14.5. The highest BCUT2D eigenvalue weighted by atomic mass is 15.0. The number of aryl methyl sites for hydroxylation is 1. The smallest absolute Gasteiger partial charge is 0.0912 e. The van der Waals surface area contributed by atoms with E-state index in [1.807, 2.05) is 12.3 Å². The number of allylic oxidation sites excluding steroid dienone is 3. The molecule has 2 heteroatoms. The van der Waals surface area contributed by atoms with Crippen molar-refractivity contribution in [2.45, 2.75) is 33.2 Å². The molecule has 0 atom stereocenters. The first-order chi connectivity index (χ1) is 11.7. The molecule has 0 aliphatic carbocycles. The normalized spacial score (nSPS) is 11.4. The molecule has 0 spiro atoms. The van der Waals surface area contributed by atoms with Gasteiger partial charge in [0.2, 0.25) is 0 Å². The van der Waals surface area contributed by atoms with Crippen molar-refractivity contribution < 1.29 is 0 Å². The topological polar surface area (TPSA) is 17.8 Å². The molecule has 0 saturated carbocycles. The fourth-order valence-electron chi connectivity index (χ4n) is 2.96. The Labute approximate surface area is 144 Å². The van der Waals surface area contributed by atoms with Crippen LogP contribution in [0.5, 0.6) is 0 Å². The lowest BCUT2D eigenvalue weighted by atomic mass is 10.0. The molecule has 122 valence electrons. The fourth-order valence-corrected chi connectivity index (χ4v) is 2.96. The van der Waals surface area contributed by atoms with Crippen molar-refractivity contribution in [3.63, 3.8) is 0 Å². The summed E-state index contributed by atoms with van der Waals surface area (Å²) in [5, 5.41) is 0. The first-order valence-electron chi connectivity index (χ1n) is 8.60. The molecule has 0 aliphatic rings. The summed E-state index contributed by atoms with van der Waals surface area (Å²) in [5.74, 6) is 0. The zero-order valence-electron chi connectivity index (χ0n) is 14.5. The number of hydrogen-bond donors (Lipinski definition) is 0. The average molecular weight is 316 g/mol. The van der Waals surface area contributed by atoms with E-state index in [-0.39, 0.29) is 0 Å². The van der Waals surface area contributed by atoms with Gasteiger partial charge in [-0.25, -0.2) is 0 Å². The number of hydrogen-bond acceptors (Lipinski definition) is 1. The minimum atomic E-state index is 0.861. The van der Waals surface area contributed by atoms with Gasteiger partial charge in [0, 0.05) is 18.9 Å². The number of aromatic nitrogens is 2. The Bertz CT molecular complexity index is 867. The van der Waals surface area contributed by atoms with E-state index >= 15 is 0 Å². The van der Waals surface area contributed by atoms with Crippen molar-refractivity contribution in [1.29, 1.82) is 0 Å². The molecule has 0 bridgehead atoms. The van der Waals surface area contributed by atoms with Gasteiger partial charge < -0.3 is 4.57 Å². The predicted octanol–water partition coefficient (Wildman–Crippen LogP) is 5.63. The number of fused-ring (bicyclic) bond motifs is 1. The molecule has 2 aromatic heterocycles. The van der Waals surface area contributed by atoms with E-state index in [1.165, 1.54) is 22.2 Å². The Morgan fingerprint density at radius 3 is 2.67 bits per heavy atom. The summed E-state index contributed by atoms with van der Waals surface area (Å²) in [7, 11) is 0. The second kappa shape index (κ2) is 7.31. The molecule has 0 N–H and O–H groups in total. The fraction of sp³-hybridized carbons (Fsp3) is 0.227. The van der Waals surface area contributed by atoms with Crippen LogP contribution in [0.15, 0.2) is 67.5 Å². The van der Waals surface area contributed by atoms with Gasteiger partial charge in [0.25, 0.3) is 0 Å². The molecular formula is C22H24N2. The summed E-state index contributed by atoms with van der Waals surface area (Å²) in [4.78, 5) is 4.54. The van der Waals surface area contributed by atoms with Crippen LogP contribution >= 0.6 is 0 Å². The zero-order chi connectivity index (χ0) is 16.9. The Balaban J connectivity index is 1.84. The van der Waals surface area contributed by atoms with Crippen LogP contribution in [0.4, 0.5) is 0 Å². The van der Waals surface area contributed by atoms with Gasteiger partial charge in [-0.15, -0.1) is 0 Å². The van der Waals surface area contributed by atoms with Gasteiger partial charge in [0.05, 0.1) is 11.0 Å². The van der Waals surface area contributed by atoms with Crippen LogP contribution in [-0.4, -0.2) is 9.55 Å². The van der Waals surface area contributed by atoms with E-state index in [2.05, 4.69) is 78.7 Å². The summed E-state index contributed by atoms with van der Waals surface area (Å²) in [6.07, 6.45) is 10.4. The Morgan fingerprint density at radius 2 is 1.96 bits per heavy atom.